The molecule has 0 bridgehead atoms. The summed E-state index contributed by atoms with van der Waals surface area (Å²) < 4.78 is 0. The van der Waals surface area contributed by atoms with Gasteiger partial charge in [-0.1, -0.05) is 0 Å². The van der Waals surface area contributed by atoms with Crippen LogP contribution in [0.1, 0.15) is 21.5 Å². The summed E-state index contributed by atoms with van der Waals surface area (Å²) in [4.78, 5) is 23.9. The van der Waals surface area contributed by atoms with E-state index in [1.807, 2.05) is 6.92 Å². The van der Waals surface area contributed by atoms with E-state index in [1.165, 1.54) is 11.0 Å². The van der Waals surface area contributed by atoms with Gasteiger partial charge in [-0.2, -0.15) is 0 Å². The van der Waals surface area contributed by atoms with Crippen LogP contribution in [0.3, 0.4) is 0 Å². The molecule has 0 saturated carbocycles. The van der Waals surface area contributed by atoms with Gasteiger partial charge in [0.15, 0.2) is 0 Å². The lowest BCUT2D eigenvalue weighted by atomic mass is 10.0. The zero-order valence-corrected chi connectivity index (χ0v) is 10.4. The van der Waals surface area contributed by atoms with Crippen LogP contribution in [-0.2, 0) is 0 Å². The Labute approximate surface area is 100 Å². The Morgan fingerprint density at radius 1 is 1.24 bits per heavy atom. The monoisotopic (exact) mass is 236 g/mol. The zero-order valence-electron chi connectivity index (χ0n) is 10.4. The van der Waals surface area contributed by atoms with Crippen LogP contribution in [0.15, 0.2) is 12.1 Å². The summed E-state index contributed by atoms with van der Waals surface area (Å²) in [6.45, 7) is 3.56. The average molecular weight is 236 g/mol. The second kappa shape index (κ2) is 4.86. The van der Waals surface area contributed by atoms with Crippen molar-refractivity contribution >= 4 is 17.7 Å². The van der Waals surface area contributed by atoms with Crippen LogP contribution in [0.5, 0.6) is 0 Å². The van der Waals surface area contributed by atoms with Crippen molar-refractivity contribution in [3.8, 4) is 0 Å². The molecule has 0 unspecified atom stereocenters. The molecular weight excluding hydrogens is 220 g/mol. The molecule has 0 saturated heterocycles. The minimum atomic E-state index is -0.994. The molecule has 92 valence electrons. The summed E-state index contributed by atoms with van der Waals surface area (Å²) in [5, 5.41) is 11.7. The molecule has 0 aliphatic heterocycles. The van der Waals surface area contributed by atoms with E-state index in [0.717, 1.165) is 5.56 Å². The summed E-state index contributed by atoms with van der Waals surface area (Å²) >= 11 is 0. The number of carbonyl (C=O) groups is 2. The number of aryl methyl sites for hydroxylation is 1. The first kappa shape index (κ1) is 13.0. The fourth-order valence-corrected chi connectivity index (χ4v) is 1.39. The van der Waals surface area contributed by atoms with Gasteiger partial charge in [-0.3, -0.25) is 0 Å². The number of aromatic carboxylic acids is 1. The van der Waals surface area contributed by atoms with E-state index in [1.54, 1.807) is 27.1 Å². The van der Waals surface area contributed by atoms with Crippen LogP contribution in [0.4, 0.5) is 10.5 Å². The van der Waals surface area contributed by atoms with Gasteiger partial charge >= 0.3 is 12.0 Å². The third-order valence-electron chi connectivity index (χ3n) is 2.56. The minimum Gasteiger partial charge on any atom is -0.478 e. The van der Waals surface area contributed by atoms with Gasteiger partial charge in [-0.15, -0.1) is 0 Å². The molecule has 1 rings (SSSR count). The first-order chi connectivity index (χ1) is 7.82. The summed E-state index contributed by atoms with van der Waals surface area (Å²) in [6, 6.07) is 2.93. The molecular formula is C12H16N2O3. The maximum atomic E-state index is 11.5. The van der Waals surface area contributed by atoms with E-state index in [9.17, 15) is 9.59 Å². The second-order valence-electron chi connectivity index (χ2n) is 4.10. The highest BCUT2D eigenvalue weighted by Crippen LogP contribution is 2.20. The van der Waals surface area contributed by atoms with Crippen LogP contribution >= 0.6 is 0 Å². The molecule has 2 amide bonds. The SMILES string of the molecule is Cc1cc(NC(=O)N(C)C)cc(C(=O)O)c1C. The largest absolute Gasteiger partial charge is 0.478 e. The predicted octanol–water partition coefficient (Wildman–Crippen LogP) is 2.10. The molecule has 2 N–H and O–H groups in total. The van der Waals surface area contributed by atoms with Gasteiger partial charge in [0.2, 0.25) is 0 Å². The maximum Gasteiger partial charge on any atom is 0.336 e. The highest BCUT2D eigenvalue weighted by molar-refractivity contribution is 5.94. The molecule has 0 spiro atoms. The number of anilines is 1. The number of carboxylic acids is 1. The second-order valence-corrected chi connectivity index (χ2v) is 4.10. The standard InChI is InChI=1S/C12H16N2O3/c1-7-5-9(13-12(17)14(3)4)6-10(8(7)2)11(15)16/h5-6H,1-4H3,(H,13,17)(H,15,16). The molecule has 0 fully saturated rings. The molecule has 0 aliphatic carbocycles. The molecule has 1 aromatic rings. The quantitative estimate of drug-likeness (QED) is 0.826. The Balaban J connectivity index is 3.11. The molecule has 5 heteroatoms. The summed E-state index contributed by atoms with van der Waals surface area (Å²) in [6.07, 6.45) is 0. The van der Waals surface area contributed by atoms with E-state index in [2.05, 4.69) is 5.32 Å². The average Bonchev–Trinajstić information content (AvgIpc) is 2.22. The fourth-order valence-electron chi connectivity index (χ4n) is 1.39. The highest BCUT2D eigenvalue weighted by Gasteiger charge is 2.12. The van der Waals surface area contributed by atoms with E-state index in [4.69, 9.17) is 5.11 Å². The van der Waals surface area contributed by atoms with Crippen LogP contribution < -0.4 is 5.32 Å². The van der Waals surface area contributed by atoms with E-state index in [0.29, 0.717) is 11.3 Å². The topological polar surface area (TPSA) is 69.6 Å². The minimum absolute atomic E-state index is 0.207. The zero-order chi connectivity index (χ0) is 13.2. The van der Waals surface area contributed by atoms with E-state index < -0.39 is 5.97 Å². The third kappa shape index (κ3) is 2.96. The smallest absolute Gasteiger partial charge is 0.336 e. The fraction of sp³-hybridized carbons (Fsp3) is 0.333. The molecule has 1 aromatic carbocycles. The normalized spacial score (nSPS) is 9.88. The Morgan fingerprint density at radius 2 is 1.82 bits per heavy atom. The van der Waals surface area contributed by atoms with Gasteiger partial charge in [0, 0.05) is 19.8 Å². The van der Waals surface area contributed by atoms with Gasteiger partial charge in [-0.05, 0) is 37.1 Å². The Bertz CT molecular complexity index is 467. The maximum absolute atomic E-state index is 11.5. The third-order valence-corrected chi connectivity index (χ3v) is 2.56. The number of amides is 2. The van der Waals surface area contributed by atoms with Gasteiger partial charge in [-0.25, -0.2) is 9.59 Å². The number of benzene rings is 1. The van der Waals surface area contributed by atoms with Gasteiger partial charge < -0.3 is 15.3 Å². The molecule has 5 nitrogen and oxygen atoms in total. The number of rotatable bonds is 2. The molecule has 0 heterocycles. The number of hydrogen-bond donors (Lipinski definition) is 2. The number of nitrogens with zero attached hydrogens (tertiary/aromatic N) is 1. The van der Waals surface area contributed by atoms with Crippen molar-refractivity contribution in [1.29, 1.82) is 0 Å². The first-order valence-corrected chi connectivity index (χ1v) is 5.15. The highest BCUT2D eigenvalue weighted by atomic mass is 16.4. The van der Waals surface area contributed by atoms with Crippen molar-refractivity contribution in [3.63, 3.8) is 0 Å². The van der Waals surface area contributed by atoms with Crippen molar-refractivity contribution < 1.29 is 14.7 Å². The summed E-state index contributed by atoms with van der Waals surface area (Å²) in [7, 11) is 3.24. The molecule has 0 radical (unpaired) electrons. The summed E-state index contributed by atoms with van der Waals surface area (Å²) in [5.41, 5.74) is 2.24. The van der Waals surface area contributed by atoms with Crippen LogP contribution in [0.25, 0.3) is 0 Å². The lowest BCUT2D eigenvalue weighted by Crippen LogP contribution is -2.27. The number of nitrogens with one attached hydrogen (secondary N) is 1. The van der Waals surface area contributed by atoms with Gasteiger partial charge in [0.1, 0.15) is 0 Å². The van der Waals surface area contributed by atoms with E-state index in [-0.39, 0.29) is 11.6 Å². The van der Waals surface area contributed by atoms with Crippen molar-refractivity contribution in [2.45, 2.75) is 13.8 Å². The molecule has 0 atom stereocenters. The van der Waals surface area contributed by atoms with Crippen LogP contribution in [0, 0.1) is 13.8 Å². The number of hydrogen-bond acceptors (Lipinski definition) is 2. The van der Waals surface area contributed by atoms with Crippen molar-refractivity contribution in [3.05, 3.63) is 28.8 Å². The first-order valence-electron chi connectivity index (χ1n) is 5.15. The number of carbonyl (C=O) groups excluding carboxylic acids is 1. The lowest BCUT2D eigenvalue weighted by Gasteiger charge is -2.14. The molecule has 17 heavy (non-hydrogen) atoms. The number of carboxylic acid groups (broad SMARTS) is 1. The van der Waals surface area contributed by atoms with Crippen LogP contribution in [-0.4, -0.2) is 36.1 Å². The molecule has 0 aliphatic rings. The summed E-state index contributed by atoms with van der Waals surface area (Å²) in [5.74, 6) is -0.994. The van der Waals surface area contributed by atoms with Gasteiger partial charge in [0.25, 0.3) is 0 Å². The lowest BCUT2D eigenvalue weighted by molar-refractivity contribution is 0.0696. The Hall–Kier alpha value is -2.04. The Kier molecular flexibility index (Phi) is 3.73. The van der Waals surface area contributed by atoms with Crippen molar-refractivity contribution in [2.24, 2.45) is 0 Å². The van der Waals surface area contributed by atoms with Crippen molar-refractivity contribution in [1.82, 2.24) is 4.90 Å². The molecule has 0 aromatic heterocycles. The van der Waals surface area contributed by atoms with Gasteiger partial charge in [0.05, 0.1) is 5.56 Å². The van der Waals surface area contributed by atoms with E-state index >= 15 is 0 Å². The van der Waals surface area contributed by atoms with Crippen LogP contribution in [0.2, 0.25) is 0 Å². The number of urea groups is 1. The Morgan fingerprint density at radius 3 is 2.29 bits per heavy atom. The van der Waals surface area contributed by atoms with Crippen molar-refractivity contribution in [2.75, 3.05) is 19.4 Å². The predicted molar refractivity (Wildman–Crippen MR) is 65.6 cm³/mol.